The lowest BCUT2D eigenvalue weighted by Gasteiger charge is -2.32. The fraction of sp³-hybridized carbons (Fsp3) is 0.583. The molecule has 0 spiro atoms. The first-order valence-corrected chi connectivity index (χ1v) is 11.2. The predicted molar refractivity (Wildman–Crippen MR) is 112 cm³/mol. The molecular formula is C24H33BrF2N2O3. The number of esters is 1. The van der Waals surface area contributed by atoms with Crippen LogP contribution in [0.3, 0.4) is 0 Å². The number of nitrogens with zero attached hydrogens (tertiary/aromatic N) is 2. The van der Waals surface area contributed by atoms with Crippen molar-refractivity contribution in [2.24, 2.45) is 5.92 Å². The zero-order chi connectivity index (χ0) is 22.5. The van der Waals surface area contributed by atoms with E-state index in [2.05, 4.69) is 11.5 Å². The van der Waals surface area contributed by atoms with Gasteiger partial charge >= 0.3 is 5.97 Å². The first-order valence-electron chi connectivity index (χ1n) is 11.2. The number of unbranched alkanes of at least 4 members (excludes halogenated alkanes) is 2. The molecule has 0 radical (unpaired) electrons. The monoisotopic (exact) mass is 514 g/mol. The van der Waals surface area contributed by atoms with Gasteiger partial charge in [0.05, 0.1) is 6.54 Å². The third kappa shape index (κ3) is 5.95. The molecule has 0 amide bonds. The van der Waals surface area contributed by atoms with Crippen LogP contribution in [0.25, 0.3) is 0 Å². The Kier molecular flexibility index (Phi) is 9.40. The number of rotatable bonds is 10. The average Bonchev–Trinajstić information content (AvgIpc) is 3.30. The molecule has 2 aromatic rings. The number of alkyl halides is 2. The van der Waals surface area contributed by atoms with Crippen LogP contribution in [0.2, 0.25) is 0 Å². The number of imidazole rings is 1. The fourth-order valence-electron chi connectivity index (χ4n) is 4.41. The van der Waals surface area contributed by atoms with E-state index in [1.165, 1.54) is 6.42 Å². The van der Waals surface area contributed by atoms with Crippen molar-refractivity contribution in [1.82, 2.24) is 4.57 Å². The highest BCUT2D eigenvalue weighted by atomic mass is 79.9. The maximum atomic E-state index is 13.9. The largest absolute Gasteiger partial charge is 1.00 e. The number of benzene rings is 1. The van der Waals surface area contributed by atoms with Crippen LogP contribution in [0.5, 0.6) is 0 Å². The smallest absolute Gasteiger partial charge is 0.343 e. The van der Waals surface area contributed by atoms with Crippen LogP contribution in [0.4, 0.5) is 8.78 Å². The minimum atomic E-state index is -2.87. The Labute approximate surface area is 199 Å². The molecule has 2 unspecified atom stereocenters. The molecule has 0 saturated heterocycles. The van der Waals surface area contributed by atoms with Gasteiger partial charge in [0, 0.05) is 25.7 Å². The Balaban J connectivity index is 0.00000363. The minimum absolute atomic E-state index is 0. The van der Waals surface area contributed by atoms with Gasteiger partial charge in [0.2, 0.25) is 5.92 Å². The van der Waals surface area contributed by atoms with Gasteiger partial charge < -0.3 is 26.8 Å². The number of hydrogen-bond donors (Lipinski definition) is 1. The lowest BCUT2D eigenvalue weighted by Crippen LogP contribution is -3.00. The molecule has 3 rings (SSSR count). The molecule has 1 heterocycles. The summed E-state index contributed by atoms with van der Waals surface area (Å²) in [6, 6.07) is 8.30. The van der Waals surface area contributed by atoms with E-state index >= 15 is 0 Å². The second-order valence-corrected chi connectivity index (χ2v) is 8.50. The van der Waals surface area contributed by atoms with E-state index in [0.717, 1.165) is 25.2 Å². The highest BCUT2D eigenvalue weighted by molar-refractivity contribution is 5.81. The van der Waals surface area contributed by atoms with Gasteiger partial charge in [0.1, 0.15) is 25.5 Å². The van der Waals surface area contributed by atoms with Gasteiger partial charge in [0.25, 0.3) is 5.82 Å². The number of carbonyl (C=O) groups is 1. The predicted octanol–water partition coefficient (Wildman–Crippen LogP) is 1.14. The van der Waals surface area contributed by atoms with E-state index in [1.807, 2.05) is 23.9 Å². The van der Waals surface area contributed by atoms with Crippen molar-refractivity contribution in [2.75, 3.05) is 6.61 Å². The third-order valence-electron chi connectivity index (χ3n) is 6.35. The Bertz CT molecular complexity index is 875. The number of carbonyl (C=O) groups excluding carboxylic acids is 1. The SMILES string of the molecule is CCCCC[n+]1ccn(CCOC(=O)C(O)(c2ccccc2)C2CCC(F)(F)C2)c1C.[Br-]. The van der Waals surface area contributed by atoms with Gasteiger partial charge in [-0.2, -0.15) is 0 Å². The molecule has 1 aliphatic rings. The summed E-state index contributed by atoms with van der Waals surface area (Å²) in [6.07, 6.45) is 6.60. The van der Waals surface area contributed by atoms with E-state index in [1.54, 1.807) is 30.3 Å². The summed E-state index contributed by atoms with van der Waals surface area (Å²) in [5.74, 6) is -3.56. The fourth-order valence-corrected chi connectivity index (χ4v) is 4.41. The topological polar surface area (TPSA) is 55.3 Å². The Morgan fingerprint density at radius 3 is 2.66 bits per heavy atom. The minimum Gasteiger partial charge on any atom is -1.00 e. The summed E-state index contributed by atoms with van der Waals surface area (Å²) in [4.78, 5) is 13.0. The Morgan fingerprint density at radius 1 is 1.31 bits per heavy atom. The number of aliphatic hydroxyl groups is 1. The number of aryl methyl sites for hydroxylation is 1. The summed E-state index contributed by atoms with van der Waals surface area (Å²) in [6.45, 7) is 5.61. The maximum Gasteiger partial charge on any atom is 0.343 e. The molecule has 1 fully saturated rings. The van der Waals surface area contributed by atoms with Gasteiger partial charge in [-0.05, 0) is 24.8 Å². The van der Waals surface area contributed by atoms with Gasteiger partial charge in [-0.25, -0.2) is 22.7 Å². The molecule has 5 nitrogen and oxygen atoms in total. The summed E-state index contributed by atoms with van der Waals surface area (Å²) >= 11 is 0. The van der Waals surface area contributed by atoms with Crippen LogP contribution in [0.15, 0.2) is 42.7 Å². The second kappa shape index (κ2) is 11.4. The van der Waals surface area contributed by atoms with E-state index in [4.69, 9.17) is 4.74 Å². The van der Waals surface area contributed by atoms with Crippen LogP contribution < -0.4 is 21.5 Å². The zero-order valence-electron chi connectivity index (χ0n) is 18.8. The molecule has 1 saturated carbocycles. The Hall–Kier alpha value is -1.80. The molecule has 1 aromatic heterocycles. The van der Waals surface area contributed by atoms with Gasteiger partial charge in [0.15, 0.2) is 5.60 Å². The summed E-state index contributed by atoms with van der Waals surface area (Å²) in [5, 5.41) is 11.3. The maximum absolute atomic E-state index is 13.9. The molecule has 1 aliphatic carbocycles. The van der Waals surface area contributed by atoms with Crippen molar-refractivity contribution in [2.45, 2.75) is 77.0 Å². The van der Waals surface area contributed by atoms with E-state index < -0.39 is 29.8 Å². The van der Waals surface area contributed by atoms with Crippen LogP contribution in [-0.4, -0.2) is 28.2 Å². The molecule has 8 heteroatoms. The van der Waals surface area contributed by atoms with Crippen LogP contribution >= 0.6 is 0 Å². The molecule has 32 heavy (non-hydrogen) atoms. The molecule has 0 aliphatic heterocycles. The Morgan fingerprint density at radius 2 is 2.03 bits per heavy atom. The highest BCUT2D eigenvalue weighted by Gasteiger charge is 2.54. The molecule has 1 N–H and O–H groups in total. The molecule has 1 aromatic carbocycles. The summed E-state index contributed by atoms with van der Waals surface area (Å²) in [7, 11) is 0. The lowest BCUT2D eigenvalue weighted by atomic mass is 9.80. The van der Waals surface area contributed by atoms with Crippen molar-refractivity contribution >= 4 is 5.97 Å². The quantitative estimate of drug-likeness (QED) is 0.294. The molecule has 2 atom stereocenters. The lowest BCUT2D eigenvalue weighted by molar-refractivity contribution is -0.702. The highest BCUT2D eigenvalue weighted by Crippen LogP contribution is 2.47. The average molecular weight is 515 g/mol. The second-order valence-electron chi connectivity index (χ2n) is 8.50. The molecule has 178 valence electrons. The van der Waals surface area contributed by atoms with E-state index in [9.17, 15) is 18.7 Å². The van der Waals surface area contributed by atoms with Crippen LogP contribution in [-0.2, 0) is 28.2 Å². The van der Waals surface area contributed by atoms with Crippen molar-refractivity contribution in [3.8, 4) is 0 Å². The number of ether oxygens (including phenoxy) is 1. The van der Waals surface area contributed by atoms with Gasteiger partial charge in [-0.15, -0.1) is 0 Å². The molecular weight excluding hydrogens is 482 g/mol. The first-order chi connectivity index (χ1) is 14.8. The van der Waals surface area contributed by atoms with Crippen LogP contribution in [0.1, 0.15) is 56.8 Å². The first kappa shape index (κ1) is 26.5. The zero-order valence-corrected chi connectivity index (χ0v) is 20.4. The van der Waals surface area contributed by atoms with Crippen molar-refractivity contribution in [3.63, 3.8) is 0 Å². The third-order valence-corrected chi connectivity index (χ3v) is 6.35. The van der Waals surface area contributed by atoms with Gasteiger partial charge in [-0.3, -0.25) is 0 Å². The molecule has 0 bridgehead atoms. The summed E-state index contributed by atoms with van der Waals surface area (Å²) < 4.78 is 37.3. The number of hydrogen-bond acceptors (Lipinski definition) is 3. The van der Waals surface area contributed by atoms with Crippen LogP contribution in [0, 0.1) is 12.8 Å². The summed E-state index contributed by atoms with van der Waals surface area (Å²) in [5.41, 5.74) is -1.78. The van der Waals surface area contributed by atoms with Gasteiger partial charge in [-0.1, -0.05) is 43.7 Å². The van der Waals surface area contributed by atoms with Crippen molar-refractivity contribution in [1.29, 1.82) is 0 Å². The number of aromatic nitrogens is 2. The number of halogens is 3. The van der Waals surface area contributed by atoms with E-state index in [0.29, 0.717) is 12.1 Å². The normalized spacial score (nSPS) is 19.2. The van der Waals surface area contributed by atoms with Crippen molar-refractivity contribution < 1.29 is 45.0 Å². The van der Waals surface area contributed by atoms with Crippen molar-refractivity contribution in [3.05, 3.63) is 54.1 Å². The standard InChI is InChI=1S/C24H33F2N2O3.BrH/c1-3-4-8-13-27-14-15-28(19(27)2)16-17-31-22(29)24(30,20-9-6-5-7-10-20)21-11-12-23(25,26)18-21;/h5-7,9-10,14-15,21,30H,3-4,8,11-13,16-18H2,1-2H3;1H/q+1;/p-1. The van der Waals surface area contributed by atoms with E-state index in [-0.39, 0.29) is 36.4 Å².